The van der Waals surface area contributed by atoms with E-state index in [4.69, 9.17) is 22.2 Å². The number of nitriles is 1. The number of thioether (sulfide) groups is 1. The maximum atomic E-state index is 15.0. The molecule has 44 heavy (non-hydrogen) atoms. The molecule has 1 saturated heterocycles. The van der Waals surface area contributed by atoms with Crippen LogP contribution in [0.15, 0.2) is 30.5 Å². The van der Waals surface area contributed by atoms with Gasteiger partial charge in [0.15, 0.2) is 22.4 Å². The minimum Gasteiger partial charge on any atom is -0.490 e. The van der Waals surface area contributed by atoms with Crippen molar-refractivity contribution in [1.29, 1.82) is 5.26 Å². The van der Waals surface area contributed by atoms with Crippen LogP contribution in [0.3, 0.4) is 0 Å². The molecule has 1 amide bonds. The average molecular weight is 671 g/mol. The van der Waals surface area contributed by atoms with Gasteiger partial charge in [0.2, 0.25) is 0 Å². The first-order valence-corrected chi connectivity index (χ1v) is 14.7. The molecule has 0 radical (unpaired) electrons. The lowest BCUT2D eigenvalue weighted by molar-refractivity contribution is -0.284. The van der Waals surface area contributed by atoms with Gasteiger partial charge in [-0.2, -0.15) is 52.1 Å². The number of alkyl halides is 8. The van der Waals surface area contributed by atoms with Crippen LogP contribution < -0.4 is 14.5 Å². The Morgan fingerprint density at radius 3 is 2.30 bits per heavy atom. The third-order valence-corrected chi connectivity index (χ3v) is 8.71. The standard InChI is InChI=1S/C27H23F9N4O2S2/c28-19-13-16(4-5-21(19)42-9-3-11-44-10-2-8-25(29,30)27(34,35)36)40-23(43)39(22(41)24(40)6-1-7-24)17-12-18(26(31,32)33)20(14-37)38-15-17/h4-5,12-13,15H,1-3,6-11H2. The molecule has 0 unspecified atom stereocenters. The van der Waals surface area contributed by atoms with E-state index in [1.807, 2.05) is 0 Å². The number of rotatable bonds is 11. The molecule has 2 heterocycles. The first-order chi connectivity index (χ1) is 20.5. The predicted molar refractivity (Wildman–Crippen MR) is 147 cm³/mol. The molecule has 1 aliphatic heterocycles. The summed E-state index contributed by atoms with van der Waals surface area (Å²) in [5, 5.41) is 8.85. The Kier molecular flexibility index (Phi) is 9.65. The van der Waals surface area contributed by atoms with Crippen LogP contribution in [-0.4, -0.2) is 51.8 Å². The van der Waals surface area contributed by atoms with E-state index in [1.54, 1.807) is 0 Å². The molecule has 2 aliphatic rings. The second kappa shape index (κ2) is 12.6. The summed E-state index contributed by atoms with van der Waals surface area (Å²) in [5.74, 6) is -5.84. The predicted octanol–water partition coefficient (Wildman–Crippen LogP) is 7.65. The zero-order chi connectivity index (χ0) is 32.5. The number of benzene rings is 1. The lowest BCUT2D eigenvalue weighted by Gasteiger charge is -2.43. The normalized spacial score (nSPS) is 16.8. The van der Waals surface area contributed by atoms with Crippen molar-refractivity contribution >= 4 is 46.4 Å². The highest BCUT2D eigenvalue weighted by atomic mass is 32.2. The van der Waals surface area contributed by atoms with E-state index in [0.717, 1.165) is 28.9 Å². The molecule has 0 bridgehead atoms. The molecule has 1 aliphatic carbocycles. The zero-order valence-electron chi connectivity index (χ0n) is 22.6. The van der Waals surface area contributed by atoms with E-state index in [2.05, 4.69) is 4.98 Å². The molecule has 1 spiro atoms. The van der Waals surface area contributed by atoms with Crippen LogP contribution in [0.1, 0.15) is 49.8 Å². The summed E-state index contributed by atoms with van der Waals surface area (Å²) in [4.78, 5) is 19.4. The number of carbonyl (C=O) groups is 1. The topological polar surface area (TPSA) is 69.5 Å². The Hall–Kier alpha value is -3.26. The van der Waals surface area contributed by atoms with Crippen molar-refractivity contribution in [2.45, 2.75) is 62.3 Å². The molecule has 0 N–H and O–H groups in total. The summed E-state index contributed by atoms with van der Waals surface area (Å²) < 4.78 is 124. The van der Waals surface area contributed by atoms with Gasteiger partial charge in [-0.1, -0.05) is 0 Å². The number of anilines is 2. The third kappa shape index (κ3) is 6.56. The number of thiocarbonyl (C=S) groups is 1. The van der Waals surface area contributed by atoms with Crippen molar-refractivity contribution in [3.05, 3.63) is 47.5 Å². The SMILES string of the molecule is N#Cc1ncc(N2C(=O)C3(CCC3)N(c3ccc(OCCCSCCCC(F)(F)C(F)(F)F)c(F)c3)C2=S)cc1C(F)(F)F. The highest BCUT2D eigenvalue weighted by Gasteiger charge is 2.60. The Morgan fingerprint density at radius 1 is 1.05 bits per heavy atom. The quantitative estimate of drug-likeness (QED) is 0.138. The molecule has 1 saturated carbocycles. The second-order valence-corrected chi connectivity index (χ2v) is 11.7. The molecular formula is C27H23F9N4O2S2. The fourth-order valence-corrected chi connectivity index (χ4v) is 6.16. The number of hydrogen-bond acceptors (Lipinski definition) is 6. The molecule has 2 aromatic rings. The maximum Gasteiger partial charge on any atom is 0.453 e. The maximum absolute atomic E-state index is 15.0. The summed E-state index contributed by atoms with van der Waals surface area (Å²) in [6, 6.07) is 5.81. The van der Waals surface area contributed by atoms with Crippen LogP contribution in [0.5, 0.6) is 5.75 Å². The first-order valence-electron chi connectivity index (χ1n) is 13.1. The Labute approximate surface area is 255 Å². The monoisotopic (exact) mass is 670 g/mol. The number of halogens is 9. The number of nitrogens with zero attached hydrogens (tertiary/aromatic N) is 4. The largest absolute Gasteiger partial charge is 0.490 e. The third-order valence-electron chi connectivity index (χ3n) is 7.19. The van der Waals surface area contributed by atoms with Crippen molar-refractivity contribution < 1.29 is 49.0 Å². The molecular weight excluding hydrogens is 647 g/mol. The summed E-state index contributed by atoms with van der Waals surface area (Å²) in [7, 11) is 0. The molecule has 1 aromatic heterocycles. The Balaban J connectivity index is 1.40. The highest BCUT2D eigenvalue weighted by molar-refractivity contribution is 7.99. The molecule has 4 rings (SSSR count). The van der Waals surface area contributed by atoms with Gasteiger partial charge in [0.1, 0.15) is 11.6 Å². The summed E-state index contributed by atoms with van der Waals surface area (Å²) in [6.07, 6.45) is -9.61. The highest BCUT2D eigenvalue weighted by Crippen LogP contribution is 2.48. The first kappa shape index (κ1) is 33.6. The zero-order valence-corrected chi connectivity index (χ0v) is 24.2. The van der Waals surface area contributed by atoms with Crippen LogP contribution in [0.25, 0.3) is 0 Å². The molecule has 17 heteroatoms. The minimum absolute atomic E-state index is 0.0214. The van der Waals surface area contributed by atoms with E-state index >= 15 is 4.39 Å². The van der Waals surface area contributed by atoms with Gasteiger partial charge in [-0.25, -0.2) is 9.37 Å². The van der Waals surface area contributed by atoms with Gasteiger partial charge in [-0.05, 0) is 74.0 Å². The van der Waals surface area contributed by atoms with E-state index in [-0.39, 0.29) is 41.0 Å². The number of hydrogen-bond donors (Lipinski definition) is 0. The van der Waals surface area contributed by atoms with E-state index in [1.165, 1.54) is 23.1 Å². The average Bonchev–Trinajstić information content (AvgIpc) is 3.15. The van der Waals surface area contributed by atoms with Crippen LogP contribution in [0, 0.1) is 17.1 Å². The Morgan fingerprint density at radius 2 is 1.73 bits per heavy atom. The van der Waals surface area contributed by atoms with Crippen molar-refractivity contribution in [3.8, 4) is 11.8 Å². The van der Waals surface area contributed by atoms with E-state index in [9.17, 15) is 39.9 Å². The number of carbonyl (C=O) groups excluding carboxylic acids is 1. The van der Waals surface area contributed by atoms with Crippen molar-refractivity contribution in [2.75, 3.05) is 27.9 Å². The lowest BCUT2D eigenvalue weighted by atomic mass is 9.75. The van der Waals surface area contributed by atoms with Gasteiger partial charge in [0.05, 0.1) is 24.1 Å². The Bertz CT molecular complexity index is 1460. The second-order valence-electron chi connectivity index (χ2n) is 10.1. The van der Waals surface area contributed by atoms with Gasteiger partial charge < -0.3 is 9.64 Å². The van der Waals surface area contributed by atoms with Gasteiger partial charge in [0, 0.05) is 18.2 Å². The van der Waals surface area contributed by atoms with Crippen molar-refractivity contribution in [2.24, 2.45) is 0 Å². The van der Waals surface area contributed by atoms with Crippen molar-refractivity contribution in [1.82, 2.24) is 4.98 Å². The fraction of sp³-hybridized carbons (Fsp3) is 0.481. The fourth-order valence-electron chi connectivity index (χ4n) is 4.82. The summed E-state index contributed by atoms with van der Waals surface area (Å²) in [5.41, 5.74) is -3.55. The van der Waals surface area contributed by atoms with Crippen molar-refractivity contribution in [3.63, 3.8) is 0 Å². The smallest absolute Gasteiger partial charge is 0.453 e. The van der Waals surface area contributed by atoms with Crippen LogP contribution in [0.4, 0.5) is 50.9 Å². The van der Waals surface area contributed by atoms with E-state index in [0.29, 0.717) is 37.5 Å². The minimum atomic E-state index is -5.58. The van der Waals surface area contributed by atoms with Crippen LogP contribution in [0.2, 0.25) is 0 Å². The molecule has 6 nitrogen and oxygen atoms in total. The van der Waals surface area contributed by atoms with Gasteiger partial charge >= 0.3 is 18.3 Å². The van der Waals surface area contributed by atoms with E-state index < -0.39 is 53.2 Å². The number of ether oxygens (including phenoxy) is 1. The lowest BCUT2D eigenvalue weighted by Crippen LogP contribution is -2.55. The number of amides is 1. The number of aromatic nitrogens is 1. The molecule has 0 atom stereocenters. The molecule has 2 fully saturated rings. The number of pyridine rings is 1. The summed E-state index contributed by atoms with van der Waals surface area (Å²) >= 11 is 6.66. The van der Waals surface area contributed by atoms with Gasteiger partial charge in [-0.15, -0.1) is 0 Å². The van der Waals surface area contributed by atoms with Gasteiger partial charge in [-0.3, -0.25) is 9.69 Å². The molecule has 1 aromatic carbocycles. The van der Waals surface area contributed by atoms with Crippen LogP contribution in [-0.2, 0) is 11.0 Å². The van der Waals surface area contributed by atoms with Gasteiger partial charge in [0.25, 0.3) is 5.91 Å². The molecule has 238 valence electrons. The summed E-state index contributed by atoms with van der Waals surface area (Å²) in [6.45, 7) is 0.0214. The van der Waals surface area contributed by atoms with Crippen LogP contribution >= 0.6 is 24.0 Å².